The lowest BCUT2D eigenvalue weighted by Gasteiger charge is -2.04. The SMILES string of the molecule is Cn1cc(CS(=O)(=O)c2cc(N)cc(F)c2)cn1. The van der Waals surface area contributed by atoms with E-state index in [0.717, 1.165) is 12.1 Å². The maximum absolute atomic E-state index is 13.1. The Morgan fingerprint density at radius 1 is 1.39 bits per heavy atom. The molecule has 0 fully saturated rings. The number of hydrogen-bond acceptors (Lipinski definition) is 4. The second-order valence-electron chi connectivity index (χ2n) is 4.00. The van der Waals surface area contributed by atoms with Crippen molar-refractivity contribution in [3.63, 3.8) is 0 Å². The van der Waals surface area contributed by atoms with Crippen LogP contribution in [0.5, 0.6) is 0 Å². The molecule has 18 heavy (non-hydrogen) atoms. The summed E-state index contributed by atoms with van der Waals surface area (Å²) in [6.45, 7) is 0. The lowest BCUT2D eigenvalue weighted by molar-refractivity contribution is 0.590. The molecule has 2 N–H and O–H groups in total. The monoisotopic (exact) mass is 269 g/mol. The molecule has 0 radical (unpaired) electrons. The fourth-order valence-corrected chi connectivity index (χ4v) is 2.98. The molecule has 2 aromatic rings. The van der Waals surface area contributed by atoms with Crippen molar-refractivity contribution in [3.05, 3.63) is 42.0 Å². The van der Waals surface area contributed by atoms with Gasteiger partial charge < -0.3 is 5.73 Å². The number of nitrogens with two attached hydrogens (primary N) is 1. The summed E-state index contributed by atoms with van der Waals surface area (Å²) < 4.78 is 38.8. The van der Waals surface area contributed by atoms with Crippen molar-refractivity contribution in [2.75, 3.05) is 5.73 Å². The van der Waals surface area contributed by atoms with Crippen molar-refractivity contribution < 1.29 is 12.8 Å². The maximum Gasteiger partial charge on any atom is 0.182 e. The number of aromatic nitrogens is 2. The number of hydrogen-bond donors (Lipinski definition) is 1. The summed E-state index contributed by atoms with van der Waals surface area (Å²) in [7, 11) is -1.93. The molecule has 0 atom stereocenters. The summed E-state index contributed by atoms with van der Waals surface area (Å²) in [6, 6.07) is 3.28. The number of nitrogen functional groups attached to an aromatic ring is 1. The fourth-order valence-electron chi connectivity index (χ4n) is 1.61. The van der Waals surface area contributed by atoms with E-state index in [0.29, 0.717) is 5.56 Å². The molecule has 5 nitrogen and oxygen atoms in total. The predicted octanol–water partition coefficient (Wildman–Crippen LogP) is 1.12. The van der Waals surface area contributed by atoms with Gasteiger partial charge in [-0.2, -0.15) is 5.10 Å². The number of nitrogens with zero attached hydrogens (tertiary/aromatic N) is 2. The summed E-state index contributed by atoms with van der Waals surface area (Å²) in [4.78, 5) is -0.121. The van der Waals surface area contributed by atoms with Gasteiger partial charge in [0.25, 0.3) is 0 Å². The zero-order valence-electron chi connectivity index (χ0n) is 9.67. The van der Waals surface area contributed by atoms with Crippen LogP contribution in [-0.4, -0.2) is 18.2 Å². The topological polar surface area (TPSA) is 78.0 Å². The second-order valence-corrected chi connectivity index (χ2v) is 5.99. The lowest BCUT2D eigenvalue weighted by atomic mass is 10.3. The van der Waals surface area contributed by atoms with Gasteiger partial charge in [0.1, 0.15) is 5.82 Å². The van der Waals surface area contributed by atoms with Crippen LogP contribution in [0, 0.1) is 5.82 Å². The van der Waals surface area contributed by atoms with Crippen molar-refractivity contribution in [1.29, 1.82) is 0 Å². The molecule has 0 bridgehead atoms. The summed E-state index contributed by atoms with van der Waals surface area (Å²) in [5.41, 5.74) is 6.06. The van der Waals surface area contributed by atoms with Crippen molar-refractivity contribution in [2.45, 2.75) is 10.6 Å². The van der Waals surface area contributed by atoms with Crippen molar-refractivity contribution in [2.24, 2.45) is 7.05 Å². The molecule has 0 saturated heterocycles. The van der Waals surface area contributed by atoms with E-state index in [-0.39, 0.29) is 16.3 Å². The highest BCUT2D eigenvalue weighted by Gasteiger charge is 2.17. The Bertz CT molecular complexity index is 659. The first-order valence-corrected chi connectivity index (χ1v) is 6.78. The Morgan fingerprint density at radius 2 is 2.11 bits per heavy atom. The summed E-state index contributed by atoms with van der Waals surface area (Å²) in [5.74, 6) is -0.899. The van der Waals surface area contributed by atoms with Crippen LogP contribution in [-0.2, 0) is 22.6 Å². The smallest absolute Gasteiger partial charge is 0.182 e. The lowest BCUT2D eigenvalue weighted by Crippen LogP contribution is -2.06. The first-order chi connectivity index (χ1) is 8.37. The number of halogens is 1. The molecule has 0 saturated carbocycles. The normalized spacial score (nSPS) is 11.7. The van der Waals surface area contributed by atoms with Gasteiger partial charge in [-0.05, 0) is 18.2 Å². The molecule has 1 aromatic heterocycles. The van der Waals surface area contributed by atoms with Crippen LogP contribution in [0.3, 0.4) is 0 Å². The third-order valence-corrected chi connectivity index (χ3v) is 4.04. The van der Waals surface area contributed by atoms with Gasteiger partial charge in [0.05, 0.1) is 16.8 Å². The summed E-state index contributed by atoms with van der Waals surface area (Å²) >= 11 is 0. The standard InChI is InChI=1S/C11H12FN3O2S/c1-15-6-8(5-14-15)7-18(16,17)11-3-9(12)2-10(13)4-11/h2-6H,7,13H2,1H3. The van der Waals surface area contributed by atoms with Crippen LogP contribution in [0.1, 0.15) is 5.56 Å². The van der Waals surface area contributed by atoms with E-state index in [2.05, 4.69) is 5.10 Å². The van der Waals surface area contributed by atoms with Gasteiger partial charge in [-0.25, -0.2) is 12.8 Å². The Labute approximate surface area is 104 Å². The van der Waals surface area contributed by atoms with Gasteiger partial charge in [0.2, 0.25) is 0 Å². The Hall–Kier alpha value is -1.89. The molecule has 0 aliphatic heterocycles. The molecule has 0 amide bonds. The van der Waals surface area contributed by atoms with Gasteiger partial charge in [0, 0.05) is 24.5 Å². The molecule has 0 unspecified atom stereocenters. The van der Waals surface area contributed by atoms with Crippen LogP contribution in [0.2, 0.25) is 0 Å². The molecule has 1 heterocycles. The predicted molar refractivity (Wildman–Crippen MR) is 64.9 cm³/mol. The third kappa shape index (κ3) is 2.67. The van der Waals surface area contributed by atoms with E-state index >= 15 is 0 Å². The minimum absolute atomic E-state index is 0.0831. The van der Waals surface area contributed by atoms with Crippen LogP contribution in [0.4, 0.5) is 10.1 Å². The van der Waals surface area contributed by atoms with Gasteiger partial charge >= 0.3 is 0 Å². The Kier molecular flexibility index (Phi) is 3.08. The van der Waals surface area contributed by atoms with Crippen LogP contribution >= 0.6 is 0 Å². The second kappa shape index (κ2) is 4.41. The Balaban J connectivity index is 2.36. The number of aryl methyl sites for hydroxylation is 1. The van der Waals surface area contributed by atoms with Crippen LogP contribution in [0.15, 0.2) is 35.5 Å². The van der Waals surface area contributed by atoms with Crippen LogP contribution in [0.25, 0.3) is 0 Å². The molecule has 0 aliphatic rings. The van der Waals surface area contributed by atoms with E-state index in [1.54, 1.807) is 13.2 Å². The molecule has 0 aliphatic carbocycles. The van der Waals surface area contributed by atoms with Gasteiger partial charge in [-0.1, -0.05) is 0 Å². The van der Waals surface area contributed by atoms with Gasteiger partial charge in [-0.3, -0.25) is 4.68 Å². The quantitative estimate of drug-likeness (QED) is 0.847. The molecule has 2 rings (SSSR count). The first-order valence-electron chi connectivity index (χ1n) is 5.13. The van der Waals surface area contributed by atoms with Gasteiger partial charge in [-0.15, -0.1) is 0 Å². The molecular formula is C11H12FN3O2S. The van der Waals surface area contributed by atoms with E-state index < -0.39 is 15.7 Å². The van der Waals surface area contributed by atoms with E-state index in [1.165, 1.54) is 16.9 Å². The first kappa shape index (κ1) is 12.6. The van der Waals surface area contributed by atoms with Crippen molar-refractivity contribution in [1.82, 2.24) is 9.78 Å². The number of anilines is 1. The number of rotatable bonds is 3. The zero-order valence-corrected chi connectivity index (χ0v) is 10.5. The van der Waals surface area contributed by atoms with E-state index in [4.69, 9.17) is 5.73 Å². The largest absolute Gasteiger partial charge is 0.399 e. The zero-order chi connectivity index (χ0) is 13.3. The van der Waals surface area contributed by atoms with Crippen molar-refractivity contribution in [3.8, 4) is 0 Å². The van der Waals surface area contributed by atoms with Gasteiger partial charge in [0.15, 0.2) is 9.84 Å². The average Bonchev–Trinajstić information content (AvgIpc) is 2.61. The third-order valence-electron chi connectivity index (χ3n) is 2.37. The summed E-state index contributed by atoms with van der Waals surface area (Å²) in [5, 5.41) is 3.88. The average molecular weight is 269 g/mol. The molecule has 0 spiro atoms. The van der Waals surface area contributed by atoms with Crippen LogP contribution < -0.4 is 5.73 Å². The highest BCUT2D eigenvalue weighted by atomic mass is 32.2. The molecular weight excluding hydrogens is 257 g/mol. The fraction of sp³-hybridized carbons (Fsp3) is 0.182. The summed E-state index contributed by atoms with van der Waals surface area (Å²) in [6.07, 6.45) is 3.06. The molecule has 1 aromatic carbocycles. The number of sulfone groups is 1. The van der Waals surface area contributed by atoms with E-state index in [1.807, 2.05) is 0 Å². The van der Waals surface area contributed by atoms with E-state index in [9.17, 15) is 12.8 Å². The maximum atomic E-state index is 13.1. The highest BCUT2D eigenvalue weighted by Crippen LogP contribution is 2.20. The minimum atomic E-state index is -3.62. The Morgan fingerprint density at radius 3 is 2.67 bits per heavy atom. The molecule has 7 heteroatoms. The molecule has 96 valence electrons. The minimum Gasteiger partial charge on any atom is -0.399 e. The van der Waals surface area contributed by atoms with Crippen molar-refractivity contribution >= 4 is 15.5 Å². The number of benzene rings is 1. The highest BCUT2D eigenvalue weighted by molar-refractivity contribution is 7.90.